The molecular formula is C38H40Cl2SiZr-2. The van der Waals surface area contributed by atoms with E-state index in [2.05, 4.69) is 163 Å². The van der Waals surface area contributed by atoms with Crippen LogP contribution in [0.4, 0.5) is 0 Å². The molecule has 0 nitrogen and oxygen atoms in total. The molecule has 0 unspecified atom stereocenters. The van der Waals surface area contributed by atoms with Gasteiger partial charge in [-0.3, -0.25) is 0 Å². The SMILES string of the molecule is CC(C)(C)c1cc2ccccc2[cH-]1.CC(C)(C)c1cc2ccccc2[cH-]1.[Cl][Zr]([Cl])=[Si](c1ccccc1)c1ccccc1. The van der Waals surface area contributed by atoms with Crippen molar-refractivity contribution >= 4 is 54.4 Å². The maximum atomic E-state index is 6.32. The van der Waals surface area contributed by atoms with Crippen LogP contribution in [-0.2, 0) is 28.8 Å². The fraction of sp³-hybridized carbons (Fsp3) is 0.211. The third kappa shape index (κ3) is 8.90. The first kappa shape index (κ1) is 32.7. The molecule has 0 spiro atoms. The number of fused-ring (bicyclic) bond motifs is 2. The van der Waals surface area contributed by atoms with Crippen LogP contribution in [0.1, 0.15) is 52.7 Å². The van der Waals surface area contributed by atoms with Crippen molar-refractivity contribution < 1.29 is 18.0 Å². The molecule has 0 aromatic heterocycles. The van der Waals surface area contributed by atoms with E-state index in [-0.39, 0.29) is 10.8 Å². The molecule has 0 heterocycles. The number of hydrogen-bond acceptors (Lipinski definition) is 0. The fourth-order valence-corrected chi connectivity index (χ4v) is 20.0. The van der Waals surface area contributed by atoms with Crippen LogP contribution in [0.25, 0.3) is 21.5 Å². The summed E-state index contributed by atoms with van der Waals surface area (Å²) in [6.45, 7) is 13.5. The van der Waals surface area contributed by atoms with Crippen molar-refractivity contribution in [2.45, 2.75) is 52.4 Å². The van der Waals surface area contributed by atoms with Crippen LogP contribution >= 0.6 is 17.0 Å². The van der Waals surface area contributed by atoms with Crippen molar-refractivity contribution in [2.24, 2.45) is 0 Å². The van der Waals surface area contributed by atoms with Crippen molar-refractivity contribution in [3.8, 4) is 0 Å². The van der Waals surface area contributed by atoms with Crippen molar-refractivity contribution in [1.82, 2.24) is 0 Å². The minimum absolute atomic E-state index is 0.263. The summed E-state index contributed by atoms with van der Waals surface area (Å²) in [5.41, 5.74) is 2.49. The van der Waals surface area contributed by atoms with E-state index in [1.54, 1.807) is 0 Å². The molecule has 0 saturated carbocycles. The van der Waals surface area contributed by atoms with Crippen LogP contribution in [0, 0.1) is 0 Å². The molecule has 4 heteroatoms. The average molecular weight is 687 g/mol. The molecule has 0 amide bonds. The Morgan fingerprint density at radius 3 is 1.14 bits per heavy atom. The Morgan fingerprint density at radius 1 is 0.500 bits per heavy atom. The topological polar surface area (TPSA) is 0 Å². The van der Waals surface area contributed by atoms with Gasteiger partial charge in [-0.2, -0.15) is 12.1 Å². The van der Waals surface area contributed by atoms with Gasteiger partial charge in [0.25, 0.3) is 0 Å². The summed E-state index contributed by atoms with van der Waals surface area (Å²) in [7, 11) is 12.6. The van der Waals surface area contributed by atoms with Gasteiger partial charge in [-0.05, 0) is 10.8 Å². The standard InChI is InChI=1S/2C13H15.C12H10Si.2ClH.Zr/c2*1-13(2,3)12-8-10-6-4-5-7-11(10)9-12;1-3-7-11(8-4-1)13-12-9-5-2-6-10-12;;;/h2*4-9H,1-3H3;1-10H;2*1H;/q2*-1;;;;+2/p-2. The van der Waals surface area contributed by atoms with E-state index in [0.717, 1.165) is 0 Å². The minimum atomic E-state index is -2.26. The van der Waals surface area contributed by atoms with Gasteiger partial charge in [0.15, 0.2) is 0 Å². The molecule has 6 aromatic rings. The first-order valence-corrected chi connectivity index (χ1v) is 25.9. The second-order valence-electron chi connectivity index (χ2n) is 12.6. The predicted molar refractivity (Wildman–Crippen MR) is 186 cm³/mol. The zero-order valence-electron chi connectivity index (χ0n) is 25.5. The van der Waals surface area contributed by atoms with E-state index in [1.807, 2.05) is 12.1 Å². The van der Waals surface area contributed by atoms with Crippen LogP contribution in [0.5, 0.6) is 0 Å². The molecule has 0 aliphatic heterocycles. The fourth-order valence-electron chi connectivity index (χ4n) is 4.76. The Balaban J connectivity index is 0.000000146. The Bertz CT molecular complexity index is 1550. The molecule has 0 saturated heterocycles. The monoisotopic (exact) mass is 684 g/mol. The zero-order chi connectivity index (χ0) is 30.3. The molecule has 0 atom stereocenters. The first-order chi connectivity index (χ1) is 19.9. The quantitative estimate of drug-likeness (QED) is 0.126. The van der Waals surface area contributed by atoms with Gasteiger partial charge in [-0.1, -0.05) is 53.7 Å². The molecule has 216 valence electrons. The van der Waals surface area contributed by atoms with E-state index >= 15 is 0 Å². The predicted octanol–water partition coefficient (Wildman–Crippen LogP) is 10.4. The van der Waals surface area contributed by atoms with Crippen LogP contribution < -0.4 is 10.4 Å². The summed E-state index contributed by atoms with van der Waals surface area (Å²) >= 11 is -2.26. The van der Waals surface area contributed by atoms with Crippen molar-refractivity contribution in [1.29, 1.82) is 0 Å². The molecule has 0 bridgehead atoms. The Morgan fingerprint density at radius 2 is 0.833 bits per heavy atom. The molecule has 42 heavy (non-hydrogen) atoms. The van der Waals surface area contributed by atoms with Crippen LogP contribution in [0.3, 0.4) is 0 Å². The Kier molecular flexibility index (Phi) is 11.3. The molecule has 0 fully saturated rings. The van der Waals surface area contributed by atoms with E-state index < -0.39 is 23.4 Å². The number of halogens is 2. The van der Waals surface area contributed by atoms with Gasteiger partial charge in [0.1, 0.15) is 0 Å². The van der Waals surface area contributed by atoms with E-state index in [1.165, 1.54) is 43.0 Å². The number of hydrogen-bond donors (Lipinski definition) is 0. The molecule has 0 aliphatic carbocycles. The first-order valence-electron chi connectivity index (χ1n) is 14.4. The van der Waals surface area contributed by atoms with Crippen LogP contribution in [-0.4, -0.2) is 5.43 Å². The van der Waals surface area contributed by atoms with E-state index in [4.69, 9.17) is 17.0 Å². The third-order valence-electron chi connectivity index (χ3n) is 7.28. The van der Waals surface area contributed by atoms with Gasteiger partial charge >= 0.3 is 111 Å². The molecule has 0 radical (unpaired) electrons. The van der Waals surface area contributed by atoms with Gasteiger partial charge in [-0.25, -0.2) is 0 Å². The second-order valence-corrected chi connectivity index (χ2v) is 31.8. The summed E-state index contributed by atoms with van der Waals surface area (Å²) in [5, 5.41) is 8.08. The van der Waals surface area contributed by atoms with Crippen molar-refractivity contribution in [2.75, 3.05) is 0 Å². The summed E-state index contributed by atoms with van der Waals surface area (Å²) in [6, 6.07) is 47.1. The summed E-state index contributed by atoms with van der Waals surface area (Å²) in [6.07, 6.45) is 0. The van der Waals surface area contributed by atoms with Crippen LogP contribution in [0.15, 0.2) is 133 Å². The van der Waals surface area contributed by atoms with Gasteiger partial charge in [0.05, 0.1) is 0 Å². The molecular weight excluding hydrogens is 647 g/mol. The molecule has 6 rings (SSSR count). The van der Waals surface area contributed by atoms with Gasteiger partial charge in [0.2, 0.25) is 0 Å². The van der Waals surface area contributed by atoms with Crippen LogP contribution in [0.2, 0.25) is 0 Å². The number of benzene rings is 4. The molecule has 6 aromatic carbocycles. The maximum absolute atomic E-state index is 6.32. The van der Waals surface area contributed by atoms with Crippen molar-refractivity contribution in [3.63, 3.8) is 0 Å². The summed E-state index contributed by atoms with van der Waals surface area (Å²) in [4.78, 5) is 0. The summed E-state index contributed by atoms with van der Waals surface area (Å²) in [5.74, 6) is 0. The van der Waals surface area contributed by atoms with E-state index in [9.17, 15) is 0 Å². The zero-order valence-corrected chi connectivity index (χ0v) is 30.4. The average Bonchev–Trinajstić information content (AvgIpc) is 3.60. The number of rotatable bonds is 2. The van der Waals surface area contributed by atoms with Gasteiger partial charge in [0, 0.05) is 0 Å². The van der Waals surface area contributed by atoms with Gasteiger partial charge < -0.3 is 0 Å². The normalized spacial score (nSPS) is 11.3. The van der Waals surface area contributed by atoms with Crippen molar-refractivity contribution in [3.05, 3.63) is 145 Å². The van der Waals surface area contributed by atoms with Gasteiger partial charge in [-0.15, -0.1) is 81.2 Å². The molecule has 0 N–H and O–H groups in total. The third-order valence-corrected chi connectivity index (χ3v) is 23.2. The summed E-state index contributed by atoms with van der Waals surface area (Å²) < 4.78 is 0. The Labute approximate surface area is 267 Å². The Hall–Kier alpha value is -2.22. The molecule has 0 aliphatic rings. The second kappa shape index (κ2) is 14.5. The van der Waals surface area contributed by atoms with E-state index in [0.29, 0.717) is 0 Å².